The van der Waals surface area contributed by atoms with Crippen LogP contribution < -0.4 is 10.6 Å². The summed E-state index contributed by atoms with van der Waals surface area (Å²) >= 11 is 0. The fraction of sp³-hybridized carbons (Fsp3) is 0.588. The van der Waals surface area contributed by atoms with Crippen LogP contribution in [0.25, 0.3) is 0 Å². The van der Waals surface area contributed by atoms with Crippen LogP contribution in [0.2, 0.25) is 0 Å². The summed E-state index contributed by atoms with van der Waals surface area (Å²) < 4.78 is 32.5. The lowest BCUT2D eigenvalue weighted by Gasteiger charge is -2.20. The average Bonchev–Trinajstić information content (AvgIpc) is 2.40. The molecule has 1 amide bonds. The van der Waals surface area contributed by atoms with Crippen molar-refractivity contribution < 1.29 is 18.3 Å². The number of nitrogens with one attached hydrogen (secondary N) is 2. The van der Waals surface area contributed by atoms with Gasteiger partial charge in [0.15, 0.2) is 0 Å². The van der Waals surface area contributed by atoms with Crippen molar-refractivity contribution in [2.24, 2.45) is 0 Å². The van der Waals surface area contributed by atoms with Crippen LogP contribution in [-0.2, 0) is 4.74 Å². The molecule has 23 heavy (non-hydrogen) atoms. The van der Waals surface area contributed by atoms with Gasteiger partial charge in [0.05, 0.1) is 0 Å². The first-order valence-electron chi connectivity index (χ1n) is 7.76. The van der Waals surface area contributed by atoms with Crippen LogP contribution in [0, 0.1) is 18.6 Å². The Labute approximate surface area is 136 Å². The number of carbonyl (C=O) groups is 1. The highest BCUT2D eigenvalue weighted by atomic mass is 19.1. The number of rotatable bonds is 6. The van der Waals surface area contributed by atoms with Gasteiger partial charge in [0.2, 0.25) is 0 Å². The van der Waals surface area contributed by atoms with E-state index in [2.05, 4.69) is 10.6 Å². The van der Waals surface area contributed by atoms with Crippen molar-refractivity contribution in [3.05, 3.63) is 34.9 Å². The minimum Gasteiger partial charge on any atom is -0.444 e. The van der Waals surface area contributed by atoms with E-state index in [1.807, 2.05) is 0 Å². The van der Waals surface area contributed by atoms with Gasteiger partial charge in [-0.1, -0.05) is 0 Å². The fourth-order valence-corrected chi connectivity index (χ4v) is 2.02. The number of aryl methyl sites for hydroxylation is 1. The summed E-state index contributed by atoms with van der Waals surface area (Å²) in [6, 6.07) is 2.11. The van der Waals surface area contributed by atoms with Crippen molar-refractivity contribution in [3.8, 4) is 0 Å². The fourth-order valence-electron chi connectivity index (χ4n) is 2.02. The molecule has 0 bridgehead atoms. The minimum absolute atomic E-state index is 0.292. The summed E-state index contributed by atoms with van der Waals surface area (Å²) in [5.41, 5.74) is 0.0670. The molecule has 4 nitrogen and oxygen atoms in total. The van der Waals surface area contributed by atoms with Crippen molar-refractivity contribution >= 4 is 6.09 Å². The minimum atomic E-state index is -0.524. The van der Waals surface area contributed by atoms with Crippen molar-refractivity contribution in [2.75, 3.05) is 13.1 Å². The Bertz CT molecular complexity index is 542. The van der Waals surface area contributed by atoms with Crippen LogP contribution in [0.5, 0.6) is 0 Å². The smallest absolute Gasteiger partial charge is 0.407 e. The molecule has 0 saturated carbocycles. The molecular formula is C17H26F2N2O2. The van der Waals surface area contributed by atoms with Crippen molar-refractivity contribution in [3.63, 3.8) is 0 Å². The molecule has 0 aliphatic carbocycles. The first-order chi connectivity index (χ1) is 10.6. The molecule has 1 unspecified atom stereocenters. The van der Waals surface area contributed by atoms with Gasteiger partial charge >= 0.3 is 6.09 Å². The maximum atomic E-state index is 13.8. The quantitative estimate of drug-likeness (QED) is 0.780. The van der Waals surface area contributed by atoms with Gasteiger partial charge in [-0.15, -0.1) is 0 Å². The second kappa shape index (κ2) is 8.24. The first-order valence-corrected chi connectivity index (χ1v) is 7.76. The average molecular weight is 328 g/mol. The molecule has 0 saturated heterocycles. The Kier molecular flexibility index (Phi) is 6.94. The Hall–Kier alpha value is -1.69. The highest BCUT2D eigenvalue weighted by Crippen LogP contribution is 2.20. The first kappa shape index (κ1) is 19.4. The van der Waals surface area contributed by atoms with Gasteiger partial charge in [-0.2, -0.15) is 0 Å². The largest absolute Gasteiger partial charge is 0.444 e. The number of halogens is 2. The SMILES string of the molecule is Cc1cc(F)c(C(C)NCCCNC(=O)OC(C)(C)C)cc1F. The molecule has 2 N–H and O–H groups in total. The van der Waals surface area contributed by atoms with E-state index in [-0.39, 0.29) is 6.04 Å². The van der Waals surface area contributed by atoms with E-state index < -0.39 is 23.3 Å². The van der Waals surface area contributed by atoms with Gasteiger partial charge in [-0.05, 0) is 65.3 Å². The highest BCUT2D eigenvalue weighted by Gasteiger charge is 2.16. The molecule has 0 aromatic heterocycles. The third-order valence-electron chi connectivity index (χ3n) is 3.22. The summed E-state index contributed by atoms with van der Waals surface area (Å²) in [6.07, 6.45) is 0.191. The maximum Gasteiger partial charge on any atom is 0.407 e. The number of benzene rings is 1. The van der Waals surface area contributed by atoms with Crippen LogP contribution in [0.15, 0.2) is 12.1 Å². The van der Waals surface area contributed by atoms with Gasteiger partial charge in [-0.25, -0.2) is 13.6 Å². The lowest BCUT2D eigenvalue weighted by atomic mass is 10.0. The standard InChI is InChI=1S/C17H26F2N2O2/c1-11-9-15(19)13(10-14(11)18)12(2)20-7-6-8-21-16(22)23-17(3,4)5/h9-10,12,20H,6-8H2,1-5H3,(H,21,22). The molecule has 1 rings (SSSR count). The Morgan fingerprint density at radius 3 is 2.48 bits per heavy atom. The lowest BCUT2D eigenvalue weighted by molar-refractivity contribution is 0.0527. The zero-order valence-electron chi connectivity index (χ0n) is 14.4. The number of alkyl carbamates (subject to hydrolysis) is 1. The van der Waals surface area contributed by atoms with E-state index in [1.54, 1.807) is 27.7 Å². The van der Waals surface area contributed by atoms with Crippen LogP contribution in [0.1, 0.15) is 51.3 Å². The maximum absolute atomic E-state index is 13.8. The zero-order chi connectivity index (χ0) is 17.6. The van der Waals surface area contributed by atoms with Gasteiger partial charge in [-0.3, -0.25) is 0 Å². The number of amides is 1. The predicted octanol–water partition coefficient (Wildman–Crippen LogP) is 3.84. The molecule has 0 heterocycles. The highest BCUT2D eigenvalue weighted by molar-refractivity contribution is 5.67. The monoisotopic (exact) mass is 328 g/mol. The van der Waals surface area contributed by atoms with Crippen LogP contribution in [0.4, 0.5) is 13.6 Å². The van der Waals surface area contributed by atoms with E-state index in [0.717, 1.165) is 0 Å². The normalized spacial score (nSPS) is 12.8. The number of carbonyl (C=O) groups excluding carboxylic acids is 1. The van der Waals surface area contributed by atoms with E-state index in [1.165, 1.54) is 19.1 Å². The topological polar surface area (TPSA) is 50.4 Å². The molecule has 0 aliphatic heterocycles. The molecule has 0 spiro atoms. The van der Waals surface area contributed by atoms with Gasteiger partial charge in [0.1, 0.15) is 17.2 Å². The van der Waals surface area contributed by atoms with Crippen LogP contribution >= 0.6 is 0 Å². The molecule has 1 aromatic rings. The molecule has 0 fully saturated rings. The van der Waals surface area contributed by atoms with E-state index in [9.17, 15) is 13.6 Å². The second-order valence-corrected chi connectivity index (χ2v) is 6.58. The van der Waals surface area contributed by atoms with Crippen LogP contribution in [0.3, 0.4) is 0 Å². The van der Waals surface area contributed by atoms with E-state index in [4.69, 9.17) is 4.74 Å². The van der Waals surface area contributed by atoms with Gasteiger partial charge in [0, 0.05) is 18.2 Å². The third kappa shape index (κ3) is 6.95. The van der Waals surface area contributed by atoms with Crippen molar-refractivity contribution in [2.45, 2.75) is 52.7 Å². The Balaban J connectivity index is 2.34. The molecule has 6 heteroatoms. The van der Waals surface area contributed by atoms with Gasteiger partial charge < -0.3 is 15.4 Å². The second-order valence-electron chi connectivity index (χ2n) is 6.58. The summed E-state index contributed by atoms with van der Waals surface area (Å²) in [4.78, 5) is 11.4. The lowest BCUT2D eigenvalue weighted by Crippen LogP contribution is -2.34. The van der Waals surface area contributed by atoms with E-state index in [0.29, 0.717) is 30.6 Å². The number of hydrogen-bond acceptors (Lipinski definition) is 3. The third-order valence-corrected chi connectivity index (χ3v) is 3.22. The molecule has 1 aromatic carbocycles. The zero-order valence-corrected chi connectivity index (χ0v) is 14.4. The summed E-state index contributed by atoms with van der Waals surface area (Å²) in [5.74, 6) is -0.836. The van der Waals surface area contributed by atoms with Crippen LogP contribution in [-0.4, -0.2) is 24.8 Å². The molecular weight excluding hydrogens is 302 g/mol. The Morgan fingerprint density at radius 2 is 1.87 bits per heavy atom. The molecule has 0 aliphatic rings. The summed E-state index contributed by atoms with van der Waals surface area (Å²) in [7, 11) is 0. The van der Waals surface area contributed by atoms with Crippen molar-refractivity contribution in [1.29, 1.82) is 0 Å². The molecule has 130 valence electrons. The Morgan fingerprint density at radius 1 is 1.22 bits per heavy atom. The number of ether oxygens (including phenoxy) is 1. The number of hydrogen-bond donors (Lipinski definition) is 2. The molecule has 1 atom stereocenters. The summed E-state index contributed by atoms with van der Waals surface area (Å²) in [6.45, 7) is 9.70. The van der Waals surface area contributed by atoms with Gasteiger partial charge in [0.25, 0.3) is 0 Å². The van der Waals surface area contributed by atoms with Crippen molar-refractivity contribution in [1.82, 2.24) is 10.6 Å². The van der Waals surface area contributed by atoms with E-state index >= 15 is 0 Å². The molecule has 0 radical (unpaired) electrons. The predicted molar refractivity (Wildman–Crippen MR) is 86.4 cm³/mol. The summed E-state index contributed by atoms with van der Waals surface area (Å²) in [5, 5.41) is 5.76.